The van der Waals surface area contributed by atoms with Crippen molar-refractivity contribution in [2.75, 3.05) is 19.0 Å². The van der Waals surface area contributed by atoms with E-state index in [-0.39, 0.29) is 30.0 Å². The Morgan fingerprint density at radius 2 is 1.95 bits per heavy atom. The third-order valence-electron chi connectivity index (χ3n) is 4.32. The predicted octanol–water partition coefficient (Wildman–Crippen LogP) is 2.06. The average Bonchev–Trinajstić information content (AvgIpc) is 2.95. The number of rotatable bonds is 6. The lowest BCUT2D eigenvalue weighted by Crippen LogP contribution is -2.54. The predicted molar refractivity (Wildman–Crippen MR) is 81.7 cm³/mol. The fourth-order valence-electron chi connectivity index (χ4n) is 3.06. The molecule has 7 heteroatoms. The summed E-state index contributed by atoms with van der Waals surface area (Å²) in [5.41, 5.74) is -1.34. The molecule has 1 N–H and O–H groups in total. The molecule has 0 amide bonds. The zero-order valence-electron chi connectivity index (χ0n) is 13.1. The topological polar surface area (TPSA) is 82.1 Å². The summed E-state index contributed by atoms with van der Waals surface area (Å²) in [7, 11) is 0. The van der Waals surface area contributed by atoms with Crippen LogP contribution in [0.15, 0.2) is 0 Å². The van der Waals surface area contributed by atoms with Crippen LogP contribution in [-0.4, -0.2) is 53.2 Å². The van der Waals surface area contributed by atoms with Gasteiger partial charge >= 0.3 is 5.97 Å². The van der Waals surface area contributed by atoms with Gasteiger partial charge in [0.05, 0.1) is 19.3 Å². The molecule has 0 saturated carbocycles. The monoisotopic (exact) mass is 332 g/mol. The Bertz CT molecular complexity index is 409. The minimum atomic E-state index is -1.34. The molecule has 2 saturated heterocycles. The van der Waals surface area contributed by atoms with Crippen LogP contribution >= 0.6 is 11.8 Å². The van der Waals surface area contributed by atoms with Gasteiger partial charge in [-0.25, -0.2) is 4.79 Å². The first-order valence-corrected chi connectivity index (χ1v) is 8.76. The van der Waals surface area contributed by atoms with Crippen LogP contribution in [0.3, 0.4) is 0 Å². The van der Waals surface area contributed by atoms with Crippen molar-refractivity contribution in [3.8, 4) is 0 Å². The highest BCUT2D eigenvalue weighted by Crippen LogP contribution is 2.40. The summed E-state index contributed by atoms with van der Waals surface area (Å²) in [6.07, 6.45) is 0.951. The number of carboxylic acid groups (broad SMARTS) is 1. The molecule has 2 aliphatic heterocycles. The fraction of sp³-hybridized carbons (Fsp3) is 0.867. The van der Waals surface area contributed by atoms with Crippen LogP contribution in [0.1, 0.15) is 39.5 Å². The number of hydrogen-bond donors (Lipinski definition) is 1. The first kappa shape index (κ1) is 17.7. The van der Waals surface area contributed by atoms with E-state index >= 15 is 0 Å². The molecule has 2 aliphatic rings. The molecule has 0 aromatic carbocycles. The van der Waals surface area contributed by atoms with Crippen molar-refractivity contribution in [2.24, 2.45) is 5.92 Å². The lowest BCUT2D eigenvalue weighted by Gasteiger charge is -2.43. The first-order valence-electron chi connectivity index (χ1n) is 7.78. The highest BCUT2D eigenvalue weighted by Gasteiger charge is 2.51. The van der Waals surface area contributed by atoms with E-state index in [1.165, 1.54) is 11.8 Å². The highest BCUT2D eigenvalue weighted by molar-refractivity contribution is 8.13. The molecule has 6 nitrogen and oxygen atoms in total. The van der Waals surface area contributed by atoms with Crippen LogP contribution in [0, 0.1) is 5.92 Å². The number of carbonyl (C=O) groups is 2. The molecule has 0 aliphatic carbocycles. The molecule has 1 unspecified atom stereocenters. The summed E-state index contributed by atoms with van der Waals surface area (Å²) in [5, 5.41) is 9.80. The van der Waals surface area contributed by atoms with Crippen LogP contribution in [0.2, 0.25) is 0 Å². The number of ether oxygens (including phenoxy) is 3. The summed E-state index contributed by atoms with van der Waals surface area (Å²) >= 11 is 1.25. The molecule has 2 rings (SSSR count). The van der Waals surface area contributed by atoms with Gasteiger partial charge < -0.3 is 19.3 Å². The molecule has 2 fully saturated rings. The fourth-order valence-corrected chi connectivity index (χ4v) is 3.69. The Kier molecular flexibility index (Phi) is 6.26. The van der Waals surface area contributed by atoms with Crippen LogP contribution < -0.4 is 0 Å². The van der Waals surface area contributed by atoms with Gasteiger partial charge in [-0.2, -0.15) is 0 Å². The lowest BCUT2D eigenvalue weighted by atomic mass is 9.78. The Morgan fingerprint density at radius 3 is 2.55 bits per heavy atom. The van der Waals surface area contributed by atoms with Crippen molar-refractivity contribution in [3.05, 3.63) is 0 Å². The molecule has 2 heterocycles. The van der Waals surface area contributed by atoms with Gasteiger partial charge in [-0.1, -0.05) is 25.6 Å². The summed E-state index contributed by atoms with van der Waals surface area (Å²) in [6, 6.07) is 0. The molecule has 3 atom stereocenters. The first-order chi connectivity index (χ1) is 10.5. The molecular formula is C15H24O6S. The Labute approximate surface area is 134 Å². The Hall–Kier alpha value is -0.630. The number of thioether (sulfide) groups is 1. The maximum atomic E-state index is 11.9. The zero-order chi connectivity index (χ0) is 16.2. The quantitative estimate of drug-likeness (QED) is 0.797. The van der Waals surface area contributed by atoms with Crippen LogP contribution in [0.25, 0.3) is 0 Å². The van der Waals surface area contributed by atoms with E-state index in [1.807, 2.05) is 13.8 Å². The maximum absolute atomic E-state index is 11.9. The van der Waals surface area contributed by atoms with Gasteiger partial charge in [-0.15, -0.1) is 0 Å². The van der Waals surface area contributed by atoms with E-state index in [2.05, 4.69) is 0 Å². The number of hydrogen-bond acceptors (Lipinski definition) is 6. The number of carboxylic acids is 1. The number of carbonyl (C=O) groups excluding carboxylic acids is 1. The van der Waals surface area contributed by atoms with Crippen molar-refractivity contribution in [1.82, 2.24) is 0 Å². The van der Waals surface area contributed by atoms with E-state index in [1.54, 1.807) is 0 Å². The van der Waals surface area contributed by atoms with Gasteiger partial charge in [-0.3, -0.25) is 4.79 Å². The van der Waals surface area contributed by atoms with Gasteiger partial charge in [0, 0.05) is 12.8 Å². The molecular weight excluding hydrogens is 308 g/mol. The highest BCUT2D eigenvalue weighted by atomic mass is 32.2. The van der Waals surface area contributed by atoms with Gasteiger partial charge in [0.15, 0.2) is 17.0 Å². The van der Waals surface area contributed by atoms with Crippen molar-refractivity contribution >= 4 is 22.8 Å². The third kappa shape index (κ3) is 4.01. The van der Waals surface area contributed by atoms with Crippen molar-refractivity contribution in [3.63, 3.8) is 0 Å². The molecule has 0 bridgehead atoms. The van der Waals surface area contributed by atoms with Crippen LogP contribution in [0.4, 0.5) is 0 Å². The third-order valence-corrected chi connectivity index (χ3v) is 5.09. The van der Waals surface area contributed by atoms with Crippen molar-refractivity contribution < 1.29 is 28.9 Å². The lowest BCUT2D eigenvalue weighted by molar-refractivity contribution is -0.215. The Morgan fingerprint density at radius 1 is 1.27 bits per heavy atom. The summed E-state index contributed by atoms with van der Waals surface area (Å²) in [4.78, 5) is 23.7. The van der Waals surface area contributed by atoms with Crippen LogP contribution in [-0.2, 0) is 23.8 Å². The minimum absolute atomic E-state index is 0.0507. The van der Waals surface area contributed by atoms with E-state index in [9.17, 15) is 14.7 Å². The van der Waals surface area contributed by atoms with E-state index < -0.39 is 17.9 Å². The molecule has 0 radical (unpaired) electrons. The number of aliphatic carboxylic acids is 1. The standard InChI is InChI=1S/C15H24O6S/c1-3-22-12(16)8-11-5-4-10(2)15(21-11,14(17)18)9-13-19-6-7-20-13/h10-11,13H,3-9H2,1-2H3,(H,17,18)/t10-,11?,15+/m0/s1. The molecule has 0 aromatic heterocycles. The molecule has 0 aromatic rings. The summed E-state index contributed by atoms with van der Waals surface area (Å²) in [5.74, 6) is -0.433. The second kappa shape index (κ2) is 7.77. The minimum Gasteiger partial charge on any atom is -0.479 e. The smallest absolute Gasteiger partial charge is 0.336 e. The van der Waals surface area contributed by atoms with Gasteiger partial charge in [0.2, 0.25) is 0 Å². The SMILES string of the molecule is CCSC(=O)CC1CC[C@H](C)[C@](CC2OCCO2)(C(=O)O)O1. The Balaban J connectivity index is 2.07. The van der Waals surface area contributed by atoms with E-state index in [4.69, 9.17) is 14.2 Å². The second-order valence-electron chi connectivity index (χ2n) is 5.80. The van der Waals surface area contributed by atoms with Gasteiger partial charge in [0.25, 0.3) is 0 Å². The summed E-state index contributed by atoms with van der Waals surface area (Å²) in [6.45, 7) is 4.75. The average molecular weight is 332 g/mol. The maximum Gasteiger partial charge on any atom is 0.336 e. The van der Waals surface area contributed by atoms with E-state index in [0.717, 1.165) is 5.75 Å². The second-order valence-corrected chi connectivity index (χ2v) is 7.12. The summed E-state index contributed by atoms with van der Waals surface area (Å²) < 4.78 is 16.7. The normalized spacial score (nSPS) is 33.0. The largest absolute Gasteiger partial charge is 0.479 e. The van der Waals surface area contributed by atoms with Gasteiger partial charge in [0.1, 0.15) is 0 Å². The van der Waals surface area contributed by atoms with Crippen LogP contribution in [0.5, 0.6) is 0 Å². The molecule has 22 heavy (non-hydrogen) atoms. The van der Waals surface area contributed by atoms with Gasteiger partial charge in [-0.05, 0) is 24.5 Å². The molecule has 126 valence electrons. The van der Waals surface area contributed by atoms with Crippen molar-refractivity contribution in [2.45, 2.75) is 57.5 Å². The van der Waals surface area contributed by atoms with E-state index in [0.29, 0.717) is 26.1 Å². The molecule has 0 spiro atoms. The zero-order valence-corrected chi connectivity index (χ0v) is 13.9. The van der Waals surface area contributed by atoms with Crippen molar-refractivity contribution in [1.29, 1.82) is 0 Å².